The summed E-state index contributed by atoms with van der Waals surface area (Å²) in [5.74, 6) is 3.87. The standard InChI is InChI=1S/C38H56N4O2S/c1-20-18-41(34-26-14-11-12-16-28(26)45-39-34)19-27(40(20)10)23(4)25-15-13-17-37(6,7)33(25)24(5)42-35(43)29-30(36(42)44)32-22(3)21(2)31(29)38(32,8)9/h11-12,14,16,20-25,27,29-33H,13,15,17-19H2,1-10H3/t20?,21?,22?,23?,24?,25-,27-,29-,30+,31+,32?,33-/m0/s1. The zero-order chi connectivity index (χ0) is 32.3. The smallest absolute Gasteiger partial charge is 0.233 e. The van der Waals surface area contributed by atoms with Crippen LogP contribution < -0.4 is 4.90 Å². The number of fused-ring (bicyclic) bond motifs is 6. The van der Waals surface area contributed by atoms with E-state index in [1.165, 1.54) is 16.5 Å². The fourth-order valence-electron chi connectivity index (χ4n) is 12.5. The van der Waals surface area contributed by atoms with Gasteiger partial charge in [0.2, 0.25) is 11.8 Å². The molecule has 0 radical (unpaired) electrons. The van der Waals surface area contributed by atoms with Crippen LogP contribution in [0.2, 0.25) is 0 Å². The molecule has 5 fully saturated rings. The number of nitrogens with zero attached hydrogens (tertiary/aromatic N) is 4. The minimum absolute atomic E-state index is 0.0484. The van der Waals surface area contributed by atoms with E-state index in [-0.39, 0.29) is 46.4 Å². The first-order chi connectivity index (χ1) is 21.2. The van der Waals surface area contributed by atoms with Gasteiger partial charge in [0.15, 0.2) is 0 Å². The highest BCUT2D eigenvalue weighted by Crippen LogP contribution is 2.70. The van der Waals surface area contributed by atoms with Crippen molar-refractivity contribution >= 4 is 39.3 Å². The second-order valence-electron chi connectivity index (χ2n) is 17.3. The van der Waals surface area contributed by atoms with Crippen molar-refractivity contribution in [2.75, 3.05) is 25.0 Å². The van der Waals surface area contributed by atoms with E-state index < -0.39 is 0 Å². The van der Waals surface area contributed by atoms with Gasteiger partial charge in [-0.25, -0.2) is 0 Å². The molecule has 2 aromatic rings. The second-order valence-corrected chi connectivity index (χ2v) is 18.2. The van der Waals surface area contributed by atoms with Gasteiger partial charge in [-0.1, -0.05) is 67.0 Å². The molecule has 0 N–H and O–H groups in total. The topological polar surface area (TPSA) is 56.8 Å². The van der Waals surface area contributed by atoms with Gasteiger partial charge in [0.1, 0.15) is 5.82 Å². The number of imide groups is 1. The number of likely N-dealkylation sites (tertiary alicyclic amines) is 1. The Morgan fingerprint density at radius 1 is 0.933 bits per heavy atom. The molecule has 3 aliphatic carbocycles. The lowest BCUT2D eigenvalue weighted by atomic mass is 9.57. The van der Waals surface area contributed by atoms with Crippen LogP contribution in [0, 0.1) is 64.1 Å². The molecule has 45 heavy (non-hydrogen) atoms. The zero-order valence-corrected chi connectivity index (χ0v) is 30.1. The maximum atomic E-state index is 14.5. The van der Waals surface area contributed by atoms with Gasteiger partial charge in [-0.2, -0.15) is 4.37 Å². The van der Waals surface area contributed by atoms with Crippen molar-refractivity contribution in [2.45, 2.75) is 99.7 Å². The van der Waals surface area contributed by atoms with Gasteiger partial charge >= 0.3 is 0 Å². The molecule has 3 heterocycles. The van der Waals surface area contributed by atoms with Crippen LogP contribution in [0.4, 0.5) is 5.82 Å². The van der Waals surface area contributed by atoms with Crippen LogP contribution in [0.1, 0.15) is 81.6 Å². The lowest BCUT2D eigenvalue weighted by Crippen LogP contribution is -2.61. The number of carbonyl (C=O) groups excluding carboxylic acids is 2. The van der Waals surface area contributed by atoms with E-state index in [4.69, 9.17) is 4.37 Å². The Kier molecular flexibility index (Phi) is 7.56. The SMILES string of the molecule is CC1C(C)[C@@H]2[C@H]3C(=O)N(C(C)[C@H]4[C@H](C(C)[C@@H]5CN(c6nsc7ccccc67)CC(C)N5C)CCCC4(C)C)C(=O)[C@H]3C1C2(C)C. The Balaban J connectivity index is 1.18. The van der Waals surface area contributed by atoms with Crippen molar-refractivity contribution in [2.24, 2.45) is 64.1 Å². The number of hydrogen-bond acceptors (Lipinski definition) is 6. The number of carbonyl (C=O) groups is 2. The molecule has 6 unspecified atom stereocenters. The van der Waals surface area contributed by atoms with Crippen molar-refractivity contribution in [1.82, 2.24) is 14.2 Å². The number of anilines is 1. The number of amides is 2. The molecule has 2 saturated heterocycles. The monoisotopic (exact) mass is 632 g/mol. The third kappa shape index (κ3) is 4.44. The molecule has 2 amide bonds. The van der Waals surface area contributed by atoms with E-state index >= 15 is 0 Å². The van der Waals surface area contributed by atoms with Crippen LogP contribution in [0.25, 0.3) is 10.1 Å². The minimum atomic E-state index is -0.124. The normalized spacial score (nSPS) is 40.8. The zero-order valence-electron chi connectivity index (χ0n) is 29.3. The fourth-order valence-corrected chi connectivity index (χ4v) is 13.3. The molecule has 5 aliphatic rings. The van der Waals surface area contributed by atoms with Crippen molar-refractivity contribution in [3.8, 4) is 0 Å². The summed E-state index contributed by atoms with van der Waals surface area (Å²) in [6.07, 6.45) is 3.51. The summed E-state index contributed by atoms with van der Waals surface area (Å²) in [6.45, 7) is 23.1. The predicted octanol–water partition coefficient (Wildman–Crippen LogP) is 7.43. The minimum Gasteiger partial charge on any atom is -0.352 e. The third-order valence-electron chi connectivity index (χ3n) is 14.6. The van der Waals surface area contributed by atoms with Gasteiger partial charge in [0, 0.05) is 36.6 Å². The number of aromatic nitrogens is 1. The molecule has 0 spiro atoms. The Labute approximate surface area is 275 Å². The summed E-state index contributed by atoms with van der Waals surface area (Å²) in [4.78, 5) is 35.9. The lowest BCUT2D eigenvalue weighted by molar-refractivity contribution is -0.149. The molecule has 1 aromatic carbocycles. The first kappa shape index (κ1) is 31.6. The summed E-state index contributed by atoms with van der Waals surface area (Å²) in [6, 6.07) is 9.30. The van der Waals surface area contributed by atoms with Crippen molar-refractivity contribution in [3.63, 3.8) is 0 Å². The highest BCUT2D eigenvalue weighted by atomic mass is 32.1. The number of piperazine rings is 1. The third-order valence-corrected chi connectivity index (χ3v) is 15.4. The van der Waals surface area contributed by atoms with E-state index in [9.17, 15) is 9.59 Å². The molecule has 7 rings (SSSR count). The van der Waals surface area contributed by atoms with Crippen molar-refractivity contribution in [1.29, 1.82) is 0 Å². The number of rotatable bonds is 5. The molecule has 7 heteroatoms. The summed E-state index contributed by atoms with van der Waals surface area (Å²) < 4.78 is 6.20. The van der Waals surface area contributed by atoms with E-state index in [1.54, 1.807) is 11.5 Å². The van der Waals surface area contributed by atoms with E-state index in [0.717, 1.165) is 31.7 Å². The van der Waals surface area contributed by atoms with Gasteiger partial charge in [0.25, 0.3) is 0 Å². The highest BCUT2D eigenvalue weighted by Gasteiger charge is 2.73. The quantitative estimate of drug-likeness (QED) is 0.321. The molecule has 12 atom stereocenters. The molecule has 6 nitrogen and oxygen atoms in total. The van der Waals surface area contributed by atoms with Gasteiger partial charge in [-0.05, 0) is 110 Å². The first-order valence-electron chi connectivity index (χ1n) is 17.9. The molecule has 1 aromatic heterocycles. The van der Waals surface area contributed by atoms with Crippen molar-refractivity contribution in [3.05, 3.63) is 24.3 Å². The van der Waals surface area contributed by atoms with Gasteiger partial charge < -0.3 is 4.90 Å². The van der Waals surface area contributed by atoms with Crippen molar-refractivity contribution < 1.29 is 9.59 Å². The van der Waals surface area contributed by atoms with E-state index in [1.807, 2.05) is 4.90 Å². The highest BCUT2D eigenvalue weighted by molar-refractivity contribution is 7.13. The molecule has 2 aliphatic heterocycles. The Morgan fingerprint density at radius 3 is 2.20 bits per heavy atom. The van der Waals surface area contributed by atoms with Crippen LogP contribution >= 0.6 is 11.5 Å². The van der Waals surface area contributed by atoms with E-state index in [0.29, 0.717) is 47.6 Å². The molecule has 2 bridgehead atoms. The molecule has 3 saturated carbocycles. The number of benzene rings is 1. The number of hydrogen-bond donors (Lipinski definition) is 0. The molecule has 246 valence electrons. The summed E-state index contributed by atoms with van der Waals surface area (Å²) >= 11 is 1.60. The maximum Gasteiger partial charge on any atom is 0.233 e. The fraction of sp³-hybridized carbons (Fsp3) is 0.763. The van der Waals surface area contributed by atoms with Gasteiger partial charge in [0.05, 0.1) is 16.5 Å². The molecular formula is C38H56N4O2S. The van der Waals surface area contributed by atoms with Gasteiger partial charge in [-0.3, -0.25) is 19.4 Å². The summed E-state index contributed by atoms with van der Waals surface area (Å²) in [7, 11) is 2.31. The Morgan fingerprint density at radius 2 is 1.56 bits per heavy atom. The average Bonchev–Trinajstić information content (AvgIpc) is 3.64. The second kappa shape index (κ2) is 10.8. The maximum absolute atomic E-state index is 14.5. The van der Waals surface area contributed by atoms with Gasteiger partial charge in [-0.15, -0.1) is 0 Å². The summed E-state index contributed by atoms with van der Waals surface area (Å²) in [5.41, 5.74) is 0.101. The predicted molar refractivity (Wildman–Crippen MR) is 184 cm³/mol. The summed E-state index contributed by atoms with van der Waals surface area (Å²) in [5, 5.41) is 1.26. The first-order valence-corrected chi connectivity index (χ1v) is 18.6. The van der Waals surface area contributed by atoms with Crippen LogP contribution in [-0.2, 0) is 9.59 Å². The molecular weight excluding hydrogens is 577 g/mol. The van der Waals surface area contributed by atoms with Crippen LogP contribution in [0.15, 0.2) is 24.3 Å². The van der Waals surface area contributed by atoms with Crippen LogP contribution in [0.5, 0.6) is 0 Å². The Bertz CT molecular complexity index is 1450. The van der Waals surface area contributed by atoms with Crippen LogP contribution in [0.3, 0.4) is 0 Å². The Hall–Kier alpha value is -1.99. The average molecular weight is 633 g/mol. The largest absolute Gasteiger partial charge is 0.352 e. The lowest BCUT2D eigenvalue weighted by Gasteiger charge is -2.54. The number of likely N-dealkylation sites (N-methyl/N-ethyl adjacent to an activating group) is 1. The van der Waals surface area contributed by atoms with Crippen LogP contribution in [-0.4, -0.2) is 64.3 Å². The van der Waals surface area contributed by atoms with E-state index in [2.05, 4.69) is 103 Å².